The van der Waals surface area contributed by atoms with Crippen molar-refractivity contribution in [1.29, 1.82) is 0 Å². The molecule has 0 spiro atoms. The van der Waals surface area contributed by atoms with Crippen LogP contribution in [-0.4, -0.2) is 35.6 Å². The minimum Gasteiger partial charge on any atom is -0.393 e. The van der Waals surface area contributed by atoms with Gasteiger partial charge >= 0.3 is 0 Å². The van der Waals surface area contributed by atoms with Crippen LogP contribution in [0.1, 0.15) is 38.4 Å². The molecule has 0 bridgehead atoms. The first-order valence-corrected chi connectivity index (χ1v) is 7.74. The number of nitrogens with zero attached hydrogens (tertiary/aromatic N) is 1. The van der Waals surface area contributed by atoms with Crippen molar-refractivity contribution in [2.24, 2.45) is 0 Å². The highest BCUT2D eigenvalue weighted by atomic mass is 32.2. The number of aliphatic hydroxyl groups is 1. The summed E-state index contributed by atoms with van der Waals surface area (Å²) in [4.78, 5) is 6.76. The molecule has 2 unspecified atom stereocenters. The molecule has 2 rings (SSSR count). The van der Waals surface area contributed by atoms with Crippen LogP contribution in [0.2, 0.25) is 0 Å². The lowest BCUT2D eigenvalue weighted by Gasteiger charge is -2.26. The fourth-order valence-corrected chi connectivity index (χ4v) is 3.44. The quantitative estimate of drug-likeness (QED) is 0.746. The van der Waals surface area contributed by atoms with Gasteiger partial charge in [-0.25, -0.2) is 18.1 Å². The minimum atomic E-state index is -3.55. The number of hydrogen-bond acceptors (Lipinski definition) is 4. The third-order valence-corrected chi connectivity index (χ3v) is 4.63. The lowest BCUT2D eigenvalue weighted by Crippen LogP contribution is -2.39. The lowest BCUT2D eigenvalue weighted by molar-refractivity contribution is 0.117. The number of nitrogens with one attached hydrogen (secondary N) is 2. The number of aromatic amines is 1. The van der Waals surface area contributed by atoms with Crippen molar-refractivity contribution in [3.05, 3.63) is 12.0 Å². The summed E-state index contributed by atoms with van der Waals surface area (Å²) in [5.41, 5.74) is 0. The van der Waals surface area contributed by atoms with E-state index in [1.807, 2.05) is 6.92 Å². The van der Waals surface area contributed by atoms with Gasteiger partial charge in [-0.1, -0.05) is 6.92 Å². The monoisotopic (exact) mass is 273 g/mol. The van der Waals surface area contributed by atoms with Crippen molar-refractivity contribution < 1.29 is 13.5 Å². The molecule has 1 aliphatic carbocycles. The summed E-state index contributed by atoms with van der Waals surface area (Å²) in [7, 11) is -3.55. The smallest absolute Gasteiger partial charge is 0.257 e. The number of aromatic nitrogens is 2. The van der Waals surface area contributed by atoms with Crippen LogP contribution in [-0.2, 0) is 16.4 Å². The Morgan fingerprint density at radius 3 is 2.94 bits per heavy atom. The molecule has 3 N–H and O–H groups in total. The van der Waals surface area contributed by atoms with E-state index < -0.39 is 16.1 Å². The van der Waals surface area contributed by atoms with E-state index in [9.17, 15) is 13.5 Å². The van der Waals surface area contributed by atoms with Crippen LogP contribution in [0.4, 0.5) is 0 Å². The normalized spacial score (nSPS) is 25.2. The summed E-state index contributed by atoms with van der Waals surface area (Å²) in [5, 5.41) is 9.63. The highest BCUT2D eigenvalue weighted by Gasteiger charge is 2.26. The Morgan fingerprint density at radius 1 is 1.56 bits per heavy atom. The van der Waals surface area contributed by atoms with E-state index in [2.05, 4.69) is 14.7 Å². The van der Waals surface area contributed by atoms with Gasteiger partial charge in [0.1, 0.15) is 5.82 Å². The standard InChI is InChI=1S/C11H19N3O3S/c1-2-10-12-7-11(13-10)18(16,17)14-8-4-3-5-9(15)6-8/h7-9,14-15H,2-6H2,1H3,(H,12,13). The molecule has 0 saturated heterocycles. The maximum absolute atomic E-state index is 12.1. The second-order valence-corrected chi connectivity index (χ2v) is 6.37. The van der Waals surface area contributed by atoms with Gasteiger partial charge in [0.15, 0.2) is 5.03 Å². The number of imidazole rings is 1. The first-order chi connectivity index (χ1) is 8.51. The largest absolute Gasteiger partial charge is 0.393 e. The number of H-pyrrole nitrogens is 1. The number of aryl methyl sites for hydroxylation is 1. The Bertz CT molecular complexity index is 497. The highest BCUT2D eigenvalue weighted by Crippen LogP contribution is 2.20. The van der Waals surface area contributed by atoms with Crippen molar-refractivity contribution >= 4 is 10.0 Å². The zero-order valence-corrected chi connectivity index (χ0v) is 11.2. The molecule has 7 heteroatoms. The molecular formula is C11H19N3O3S. The molecule has 18 heavy (non-hydrogen) atoms. The van der Waals surface area contributed by atoms with E-state index in [0.29, 0.717) is 18.7 Å². The van der Waals surface area contributed by atoms with Gasteiger partial charge in [0, 0.05) is 12.5 Å². The van der Waals surface area contributed by atoms with Crippen LogP contribution in [0.15, 0.2) is 11.2 Å². The molecule has 0 aromatic carbocycles. The molecule has 6 nitrogen and oxygen atoms in total. The van der Waals surface area contributed by atoms with Gasteiger partial charge in [0.2, 0.25) is 0 Å². The van der Waals surface area contributed by atoms with Gasteiger partial charge in [-0.05, 0) is 25.7 Å². The Labute approximate surface area is 107 Å². The summed E-state index contributed by atoms with van der Waals surface area (Å²) in [6, 6.07) is -0.188. The van der Waals surface area contributed by atoms with E-state index in [0.717, 1.165) is 19.3 Å². The molecule has 1 aromatic heterocycles. The Hall–Kier alpha value is -0.920. The average molecular weight is 273 g/mol. The van der Waals surface area contributed by atoms with E-state index in [1.165, 1.54) is 6.20 Å². The molecule has 1 aliphatic rings. The van der Waals surface area contributed by atoms with Crippen molar-refractivity contribution in [2.45, 2.75) is 56.2 Å². The lowest BCUT2D eigenvalue weighted by atomic mass is 9.94. The minimum absolute atomic E-state index is 0.0967. The first kappa shape index (κ1) is 13.5. The van der Waals surface area contributed by atoms with Crippen molar-refractivity contribution in [3.63, 3.8) is 0 Å². The number of aliphatic hydroxyl groups excluding tert-OH is 1. The van der Waals surface area contributed by atoms with E-state index in [4.69, 9.17) is 0 Å². The second-order valence-electron chi connectivity index (χ2n) is 4.69. The Balaban J connectivity index is 2.06. The number of rotatable bonds is 4. The SMILES string of the molecule is CCc1ncc(S(=O)(=O)NC2CCCC(O)C2)[nH]1. The highest BCUT2D eigenvalue weighted by molar-refractivity contribution is 7.89. The van der Waals surface area contributed by atoms with Crippen LogP contribution in [0.3, 0.4) is 0 Å². The van der Waals surface area contributed by atoms with Crippen LogP contribution in [0, 0.1) is 0 Å². The van der Waals surface area contributed by atoms with Gasteiger partial charge < -0.3 is 10.1 Å². The molecule has 0 aliphatic heterocycles. The maximum atomic E-state index is 12.1. The van der Waals surface area contributed by atoms with Crippen molar-refractivity contribution in [1.82, 2.24) is 14.7 Å². The molecule has 1 saturated carbocycles. The summed E-state index contributed by atoms with van der Waals surface area (Å²) in [6.45, 7) is 1.90. The zero-order valence-electron chi connectivity index (χ0n) is 10.4. The van der Waals surface area contributed by atoms with Crippen molar-refractivity contribution in [2.75, 3.05) is 0 Å². The molecule has 1 heterocycles. The maximum Gasteiger partial charge on any atom is 0.257 e. The van der Waals surface area contributed by atoms with Crippen LogP contribution >= 0.6 is 0 Å². The Morgan fingerprint density at radius 2 is 2.33 bits per heavy atom. The topological polar surface area (TPSA) is 95.1 Å². The summed E-state index contributed by atoms with van der Waals surface area (Å²) in [5.74, 6) is 0.652. The summed E-state index contributed by atoms with van der Waals surface area (Å²) in [6.07, 6.45) is 4.44. The van der Waals surface area contributed by atoms with E-state index in [1.54, 1.807) is 0 Å². The fraction of sp³-hybridized carbons (Fsp3) is 0.727. The molecule has 1 aromatic rings. The van der Waals surface area contributed by atoms with E-state index >= 15 is 0 Å². The van der Waals surface area contributed by atoms with Gasteiger partial charge in [-0.2, -0.15) is 0 Å². The van der Waals surface area contributed by atoms with Crippen LogP contribution in [0.25, 0.3) is 0 Å². The van der Waals surface area contributed by atoms with Gasteiger partial charge in [0.05, 0.1) is 12.3 Å². The van der Waals surface area contributed by atoms with Gasteiger partial charge in [0.25, 0.3) is 10.0 Å². The fourth-order valence-electron chi connectivity index (χ4n) is 2.21. The molecular weight excluding hydrogens is 254 g/mol. The van der Waals surface area contributed by atoms with Crippen molar-refractivity contribution in [3.8, 4) is 0 Å². The van der Waals surface area contributed by atoms with Crippen LogP contribution < -0.4 is 4.72 Å². The predicted molar refractivity (Wildman–Crippen MR) is 66.6 cm³/mol. The zero-order chi connectivity index (χ0) is 13.2. The molecule has 2 atom stereocenters. The predicted octanol–water partition coefficient (Wildman–Crippen LogP) is 0.554. The first-order valence-electron chi connectivity index (χ1n) is 6.25. The van der Waals surface area contributed by atoms with Gasteiger partial charge in [-0.3, -0.25) is 0 Å². The molecule has 0 radical (unpaired) electrons. The van der Waals surface area contributed by atoms with Crippen LogP contribution in [0.5, 0.6) is 0 Å². The third kappa shape index (κ3) is 3.09. The summed E-state index contributed by atoms with van der Waals surface area (Å²) < 4.78 is 26.8. The average Bonchev–Trinajstić information content (AvgIpc) is 2.77. The third-order valence-electron chi connectivity index (χ3n) is 3.20. The number of hydrogen-bond donors (Lipinski definition) is 3. The van der Waals surface area contributed by atoms with Gasteiger partial charge in [-0.15, -0.1) is 0 Å². The molecule has 1 fully saturated rings. The van der Waals surface area contributed by atoms with E-state index in [-0.39, 0.29) is 11.1 Å². The summed E-state index contributed by atoms with van der Waals surface area (Å²) >= 11 is 0. The Kier molecular flexibility index (Phi) is 4.04. The second kappa shape index (κ2) is 5.38. The molecule has 0 amide bonds. The molecule has 102 valence electrons. The number of sulfonamides is 1.